The highest BCUT2D eigenvalue weighted by molar-refractivity contribution is 5.79. The van der Waals surface area contributed by atoms with Crippen molar-refractivity contribution in [1.29, 1.82) is 0 Å². The van der Waals surface area contributed by atoms with Gasteiger partial charge in [-0.3, -0.25) is 9.59 Å². The lowest BCUT2D eigenvalue weighted by Gasteiger charge is -2.42. The van der Waals surface area contributed by atoms with Gasteiger partial charge in [-0.15, -0.1) is 0 Å². The van der Waals surface area contributed by atoms with E-state index in [-0.39, 0.29) is 29.4 Å². The van der Waals surface area contributed by atoms with Crippen molar-refractivity contribution >= 4 is 11.8 Å². The van der Waals surface area contributed by atoms with Gasteiger partial charge in [-0.1, -0.05) is 31.0 Å². The summed E-state index contributed by atoms with van der Waals surface area (Å²) < 4.78 is 6.44. The summed E-state index contributed by atoms with van der Waals surface area (Å²) in [4.78, 5) is 26.7. The Labute approximate surface area is 155 Å². The van der Waals surface area contributed by atoms with Crippen LogP contribution in [0.1, 0.15) is 63.0 Å². The summed E-state index contributed by atoms with van der Waals surface area (Å²) in [6, 6.07) is 7.98. The summed E-state index contributed by atoms with van der Waals surface area (Å²) in [5.41, 5.74) is 0.691. The van der Waals surface area contributed by atoms with E-state index >= 15 is 0 Å². The SMILES string of the molecule is CN1CC[C@]2(CCC1=O)C[C@@H](NC(=O)C1CCCC1)c1ccccc1O2. The van der Waals surface area contributed by atoms with Crippen molar-refractivity contribution in [1.82, 2.24) is 10.2 Å². The van der Waals surface area contributed by atoms with Gasteiger partial charge in [0.2, 0.25) is 11.8 Å². The van der Waals surface area contributed by atoms with Gasteiger partial charge in [-0.05, 0) is 25.3 Å². The quantitative estimate of drug-likeness (QED) is 0.885. The molecule has 2 amide bonds. The molecule has 0 bridgehead atoms. The summed E-state index contributed by atoms with van der Waals surface area (Å²) >= 11 is 0. The second-order valence-electron chi connectivity index (χ2n) is 8.13. The number of ether oxygens (including phenoxy) is 1. The van der Waals surface area contributed by atoms with Crippen molar-refractivity contribution < 1.29 is 14.3 Å². The molecule has 1 spiro atoms. The van der Waals surface area contributed by atoms with E-state index in [1.54, 1.807) is 4.90 Å². The monoisotopic (exact) mass is 356 g/mol. The molecule has 1 saturated carbocycles. The van der Waals surface area contributed by atoms with E-state index in [9.17, 15) is 9.59 Å². The Bertz CT molecular complexity index is 698. The molecule has 2 heterocycles. The Morgan fingerprint density at radius 2 is 2.00 bits per heavy atom. The van der Waals surface area contributed by atoms with Crippen molar-refractivity contribution in [3.05, 3.63) is 29.8 Å². The minimum absolute atomic E-state index is 0.0356. The van der Waals surface area contributed by atoms with E-state index in [4.69, 9.17) is 4.74 Å². The average molecular weight is 356 g/mol. The number of carbonyl (C=O) groups is 2. The second kappa shape index (κ2) is 6.93. The van der Waals surface area contributed by atoms with Crippen LogP contribution in [0.5, 0.6) is 5.75 Å². The molecular formula is C21H28N2O3. The third kappa shape index (κ3) is 3.31. The molecule has 0 unspecified atom stereocenters. The highest BCUT2D eigenvalue weighted by Crippen LogP contribution is 2.44. The Kier molecular flexibility index (Phi) is 4.63. The van der Waals surface area contributed by atoms with Crippen LogP contribution in [0.4, 0.5) is 0 Å². The fraction of sp³-hybridized carbons (Fsp3) is 0.619. The lowest BCUT2D eigenvalue weighted by molar-refractivity contribution is -0.129. The second-order valence-corrected chi connectivity index (χ2v) is 8.13. The van der Waals surface area contributed by atoms with Crippen LogP contribution in [-0.4, -0.2) is 35.9 Å². The van der Waals surface area contributed by atoms with E-state index < -0.39 is 0 Å². The maximum absolute atomic E-state index is 12.8. The third-order valence-electron chi connectivity index (χ3n) is 6.36. The molecule has 1 N–H and O–H groups in total. The smallest absolute Gasteiger partial charge is 0.223 e. The van der Waals surface area contributed by atoms with Gasteiger partial charge in [0.1, 0.15) is 11.4 Å². The highest BCUT2D eigenvalue weighted by Gasteiger charge is 2.43. The zero-order chi connectivity index (χ0) is 18.1. The molecule has 5 heteroatoms. The lowest BCUT2D eigenvalue weighted by atomic mass is 9.82. The maximum Gasteiger partial charge on any atom is 0.223 e. The molecule has 5 nitrogen and oxygen atoms in total. The molecule has 2 atom stereocenters. The van der Waals surface area contributed by atoms with Crippen LogP contribution in [0.25, 0.3) is 0 Å². The maximum atomic E-state index is 12.8. The number of carbonyl (C=O) groups excluding carboxylic acids is 2. The van der Waals surface area contributed by atoms with Gasteiger partial charge in [0.25, 0.3) is 0 Å². The lowest BCUT2D eigenvalue weighted by Crippen LogP contribution is -2.46. The van der Waals surface area contributed by atoms with Gasteiger partial charge >= 0.3 is 0 Å². The number of amides is 2. The molecule has 4 rings (SSSR count). The van der Waals surface area contributed by atoms with E-state index in [1.165, 1.54) is 0 Å². The van der Waals surface area contributed by atoms with E-state index in [0.29, 0.717) is 19.4 Å². The van der Waals surface area contributed by atoms with E-state index in [0.717, 1.165) is 49.8 Å². The molecule has 1 aromatic rings. The van der Waals surface area contributed by atoms with Crippen LogP contribution in [-0.2, 0) is 9.59 Å². The summed E-state index contributed by atoms with van der Waals surface area (Å²) in [6.07, 6.45) is 7.06. The first-order valence-electron chi connectivity index (χ1n) is 9.89. The summed E-state index contributed by atoms with van der Waals surface area (Å²) in [6.45, 7) is 0.699. The van der Waals surface area contributed by atoms with Crippen molar-refractivity contribution in [2.75, 3.05) is 13.6 Å². The standard InChI is InChI=1S/C21H28N2O3/c1-23-13-12-21(11-10-19(23)24)14-17(16-8-4-5-9-18(16)26-21)22-20(25)15-6-2-3-7-15/h4-5,8-9,15,17H,2-3,6-7,10-14H2,1H3,(H,22,25)/t17-,21-/m1/s1. The molecule has 2 aliphatic heterocycles. The summed E-state index contributed by atoms with van der Waals surface area (Å²) in [7, 11) is 1.86. The van der Waals surface area contributed by atoms with E-state index in [2.05, 4.69) is 11.4 Å². The van der Waals surface area contributed by atoms with Gasteiger partial charge in [0.05, 0.1) is 6.04 Å². The van der Waals surface area contributed by atoms with E-state index in [1.807, 2.05) is 25.2 Å². The fourth-order valence-corrected chi connectivity index (χ4v) is 4.68. The zero-order valence-electron chi connectivity index (χ0n) is 15.5. The number of rotatable bonds is 2. The van der Waals surface area contributed by atoms with Crippen LogP contribution in [0.15, 0.2) is 24.3 Å². The number of para-hydroxylation sites is 1. The number of nitrogens with one attached hydrogen (secondary N) is 1. The van der Waals surface area contributed by atoms with Gasteiger partial charge in [-0.25, -0.2) is 0 Å². The van der Waals surface area contributed by atoms with Gasteiger partial charge in [0, 0.05) is 44.3 Å². The molecule has 1 aromatic carbocycles. The van der Waals surface area contributed by atoms with Crippen LogP contribution in [0, 0.1) is 5.92 Å². The molecular weight excluding hydrogens is 328 g/mol. The molecule has 0 radical (unpaired) electrons. The first-order valence-corrected chi connectivity index (χ1v) is 9.89. The Morgan fingerprint density at radius 1 is 1.23 bits per heavy atom. The number of likely N-dealkylation sites (tertiary alicyclic amines) is 1. The zero-order valence-corrected chi connectivity index (χ0v) is 15.5. The largest absolute Gasteiger partial charge is 0.487 e. The first-order chi connectivity index (χ1) is 12.6. The van der Waals surface area contributed by atoms with Crippen molar-refractivity contribution in [2.45, 2.75) is 63.0 Å². The summed E-state index contributed by atoms with van der Waals surface area (Å²) in [5, 5.41) is 3.31. The van der Waals surface area contributed by atoms with Gasteiger partial charge < -0.3 is 15.0 Å². The normalized spacial score (nSPS) is 29.2. The minimum atomic E-state index is -0.373. The molecule has 0 aromatic heterocycles. The molecule has 1 saturated heterocycles. The number of nitrogens with zero attached hydrogens (tertiary/aromatic N) is 1. The number of benzene rings is 1. The fourth-order valence-electron chi connectivity index (χ4n) is 4.68. The van der Waals surface area contributed by atoms with Crippen molar-refractivity contribution in [3.8, 4) is 5.75 Å². The predicted octanol–water partition coefficient (Wildman–Crippen LogP) is 3.20. The third-order valence-corrected chi connectivity index (χ3v) is 6.36. The average Bonchev–Trinajstić information content (AvgIpc) is 3.15. The highest BCUT2D eigenvalue weighted by atomic mass is 16.5. The first kappa shape index (κ1) is 17.4. The van der Waals surface area contributed by atoms with Crippen LogP contribution < -0.4 is 10.1 Å². The Hall–Kier alpha value is -2.04. The molecule has 3 aliphatic rings. The Balaban J connectivity index is 1.58. The predicted molar refractivity (Wildman–Crippen MR) is 98.7 cm³/mol. The van der Waals surface area contributed by atoms with Gasteiger partial charge in [0.15, 0.2) is 0 Å². The topological polar surface area (TPSA) is 58.6 Å². The van der Waals surface area contributed by atoms with Crippen LogP contribution >= 0.6 is 0 Å². The van der Waals surface area contributed by atoms with Crippen LogP contribution in [0.2, 0.25) is 0 Å². The molecule has 2 fully saturated rings. The number of hydrogen-bond acceptors (Lipinski definition) is 3. The van der Waals surface area contributed by atoms with Crippen molar-refractivity contribution in [2.24, 2.45) is 5.92 Å². The van der Waals surface area contributed by atoms with Crippen molar-refractivity contribution in [3.63, 3.8) is 0 Å². The number of hydrogen-bond donors (Lipinski definition) is 1. The van der Waals surface area contributed by atoms with Gasteiger partial charge in [-0.2, -0.15) is 0 Å². The Morgan fingerprint density at radius 3 is 2.81 bits per heavy atom. The summed E-state index contributed by atoms with van der Waals surface area (Å²) in [5.74, 6) is 1.37. The molecule has 140 valence electrons. The molecule has 1 aliphatic carbocycles. The minimum Gasteiger partial charge on any atom is -0.487 e. The molecule has 26 heavy (non-hydrogen) atoms. The van der Waals surface area contributed by atoms with Crippen LogP contribution in [0.3, 0.4) is 0 Å². The number of fused-ring (bicyclic) bond motifs is 1.